The van der Waals surface area contributed by atoms with Gasteiger partial charge in [0, 0.05) is 25.9 Å². The minimum atomic E-state index is -1.12. The summed E-state index contributed by atoms with van der Waals surface area (Å²) in [5.74, 6) is 1.91. The van der Waals surface area contributed by atoms with E-state index in [0.717, 1.165) is 38.5 Å². The third-order valence-corrected chi connectivity index (χ3v) is 8.48. The van der Waals surface area contributed by atoms with Gasteiger partial charge in [-0.05, 0) is 77.5 Å². The van der Waals surface area contributed by atoms with Gasteiger partial charge in [-0.1, -0.05) is 75.7 Å². The summed E-state index contributed by atoms with van der Waals surface area (Å²) in [6.45, 7) is 8.54. The zero-order chi connectivity index (χ0) is 39.5. The first kappa shape index (κ1) is 46.9. The quantitative estimate of drug-likeness (QED) is 0.0414. The van der Waals surface area contributed by atoms with E-state index >= 15 is 0 Å². The molecule has 0 heterocycles. The summed E-state index contributed by atoms with van der Waals surface area (Å²) in [5, 5.41) is 15.2. The monoisotopic (exact) mass is 740 g/mol. The molecule has 11 heteroatoms. The highest BCUT2D eigenvalue weighted by molar-refractivity contribution is 5.92. The van der Waals surface area contributed by atoms with Gasteiger partial charge in [-0.25, -0.2) is 0 Å². The number of nitrogens with one attached hydrogen (secondary N) is 2. The summed E-state index contributed by atoms with van der Waals surface area (Å²) in [4.78, 5) is 64.8. The number of aliphatic hydroxyl groups is 1. The van der Waals surface area contributed by atoms with E-state index in [-0.39, 0.29) is 26.1 Å². The van der Waals surface area contributed by atoms with Crippen LogP contribution in [0.3, 0.4) is 0 Å². The SMILES string of the molecule is CC#CCOc1ccc(C[C@H](NC(=O)[C@@H](/C=C/CCCCCCC(=O)CCCCCCC)[C@@H](CCO)C(=O)OC(C)(C)C)C(=O)NCC(=O)OC)cc1. The first-order valence-corrected chi connectivity index (χ1v) is 19.1. The van der Waals surface area contributed by atoms with Gasteiger partial charge in [0.1, 0.15) is 36.3 Å². The van der Waals surface area contributed by atoms with Crippen LogP contribution in [0, 0.1) is 23.7 Å². The van der Waals surface area contributed by atoms with Crippen LogP contribution in [0.2, 0.25) is 0 Å². The summed E-state index contributed by atoms with van der Waals surface area (Å²) in [6.07, 6.45) is 14.6. The second-order valence-electron chi connectivity index (χ2n) is 14.2. The maximum Gasteiger partial charge on any atom is 0.325 e. The average Bonchev–Trinajstić information content (AvgIpc) is 3.12. The van der Waals surface area contributed by atoms with E-state index in [2.05, 4.69) is 34.1 Å². The first-order chi connectivity index (χ1) is 25.3. The Morgan fingerprint density at radius 3 is 2.13 bits per heavy atom. The van der Waals surface area contributed by atoms with Crippen molar-refractivity contribution >= 4 is 29.5 Å². The van der Waals surface area contributed by atoms with E-state index in [0.29, 0.717) is 36.4 Å². The molecule has 0 aliphatic heterocycles. The normalized spacial score (nSPS) is 12.9. The van der Waals surface area contributed by atoms with Crippen molar-refractivity contribution < 1.29 is 43.3 Å². The molecule has 11 nitrogen and oxygen atoms in total. The van der Waals surface area contributed by atoms with Gasteiger partial charge >= 0.3 is 11.9 Å². The Balaban J connectivity index is 3.10. The van der Waals surface area contributed by atoms with Crippen LogP contribution in [-0.2, 0) is 39.9 Å². The third kappa shape index (κ3) is 21.8. The Hall–Kier alpha value is -4.17. The molecule has 1 aromatic rings. The molecule has 0 aliphatic rings. The largest absolute Gasteiger partial charge is 0.481 e. The molecule has 0 saturated heterocycles. The number of ketones is 1. The van der Waals surface area contributed by atoms with Gasteiger partial charge in [0.25, 0.3) is 0 Å². The smallest absolute Gasteiger partial charge is 0.325 e. The Morgan fingerprint density at radius 1 is 0.906 bits per heavy atom. The average molecular weight is 741 g/mol. The summed E-state index contributed by atoms with van der Waals surface area (Å²) in [5.41, 5.74) is -0.126. The topological polar surface area (TPSA) is 157 Å². The van der Waals surface area contributed by atoms with E-state index in [1.807, 2.05) is 6.08 Å². The van der Waals surface area contributed by atoms with E-state index in [4.69, 9.17) is 9.47 Å². The van der Waals surface area contributed by atoms with Gasteiger partial charge in [0.15, 0.2) is 0 Å². The van der Waals surface area contributed by atoms with Crippen LogP contribution in [0.15, 0.2) is 36.4 Å². The fraction of sp³-hybridized carbons (Fsp3) is 0.643. The van der Waals surface area contributed by atoms with Crippen molar-refractivity contribution in [2.24, 2.45) is 11.8 Å². The molecule has 0 saturated carbocycles. The van der Waals surface area contributed by atoms with Crippen LogP contribution < -0.4 is 15.4 Å². The summed E-state index contributed by atoms with van der Waals surface area (Å²) >= 11 is 0. The van der Waals surface area contributed by atoms with Gasteiger partial charge in [0.05, 0.1) is 18.9 Å². The lowest BCUT2D eigenvalue weighted by Crippen LogP contribution is -2.51. The summed E-state index contributed by atoms with van der Waals surface area (Å²) in [6, 6.07) is 5.87. The number of rotatable bonds is 27. The van der Waals surface area contributed by atoms with Crippen molar-refractivity contribution in [2.45, 2.75) is 136 Å². The number of carbonyl (C=O) groups is 5. The standard InChI is InChI=1S/C42H64N2O9/c1-7-9-11-14-17-20-33(46)21-18-15-12-13-16-19-22-35(36(27-28-45)41(50)53-42(3,4)5)39(48)44-37(40(49)43-31-38(47)51-6)30-32-23-25-34(26-24-32)52-29-10-8-2/h19,22-26,35-37,45H,7,9,11-18,20-21,27-31H2,1-6H3,(H,43,49)(H,44,48)/b22-19+/t35-,36+,37-/m0/s1. The van der Waals surface area contributed by atoms with Gasteiger partial charge in [0.2, 0.25) is 11.8 Å². The molecule has 1 rings (SSSR count). The molecule has 1 aromatic carbocycles. The molecular weight excluding hydrogens is 676 g/mol. The number of hydrogen-bond donors (Lipinski definition) is 3. The number of methoxy groups -OCH3 is 1. The number of hydrogen-bond acceptors (Lipinski definition) is 9. The molecule has 0 unspecified atom stereocenters. The Kier molecular flexibility index (Phi) is 24.3. The predicted molar refractivity (Wildman–Crippen MR) is 206 cm³/mol. The van der Waals surface area contributed by atoms with Crippen LogP contribution in [0.1, 0.15) is 124 Å². The van der Waals surface area contributed by atoms with Gasteiger partial charge in [-0.3, -0.25) is 24.0 Å². The van der Waals surface area contributed by atoms with Crippen molar-refractivity contribution in [3.05, 3.63) is 42.0 Å². The van der Waals surface area contributed by atoms with Gasteiger partial charge in [-0.2, -0.15) is 0 Å². The molecule has 0 aliphatic carbocycles. The Bertz CT molecular complexity index is 1340. The Morgan fingerprint density at radius 2 is 1.55 bits per heavy atom. The van der Waals surface area contributed by atoms with Crippen LogP contribution in [-0.4, -0.2) is 73.2 Å². The highest BCUT2D eigenvalue weighted by atomic mass is 16.6. The second kappa shape index (κ2) is 27.4. The third-order valence-electron chi connectivity index (χ3n) is 8.48. The van der Waals surface area contributed by atoms with E-state index in [1.165, 1.54) is 26.4 Å². The highest BCUT2D eigenvalue weighted by Gasteiger charge is 2.36. The zero-order valence-electron chi connectivity index (χ0n) is 32.9. The maximum absolute atomic E-state index is 14.0. The number of esters is 2. The lowest BCUT2D eigenvalue weighted by Gasteiger charge is -2.28. The molecule has 2 amide bonds. The minimum absolute atomic E-state index is 0.0347. The lowest BCUT2D eigenvalue weighted by molar-refractivity contribution is -0.163. The van der Waals surface area contributed by atoms with Crippen molar-refractivity contribution in [3.63, 3.8) is 0 Å². The fourth-order valence-corrected chi connectivity index (χ4v) is 5.58. The van der Waals surface area contributed by atoms with Crippen LogP contribution >= 0.6 is 0 Å². The molecule has 0 spiro atoms. The Labute approximate surface area is 317 Å². The summed E-state index contributed by atoms with van der Waals surface area (Å²) < 4.78 is 15.9. The molecule has 3 atom stereocenters. The number of Topliss-reactive ketones (excluding diaryl/α,β-unsaturated/α-hetero) is 1. The molecule has 296 valence electrons. The van der Waals surface area contributed by atoms with E-state index < -0.39 is 53.8 Å². The predicted octanol–water partition coefficient (Wildman–Crippen LogP) is 6.19. The van der Waals surface area contributed by atoms with E-state index in [9.17, 15) is 29.1 Å². The van der Waals surface area contributed by atoms with Gasteiger partial charge < -0.3 is 30.0 Å². The number of amides is 2. The lowest BCUT2D eigenvalue weighted by atomic mass is 9.87. The number of allylic oxidation sites excluding steroid dienone is 1. The first-order valence-electron chi connectivity index (χ1n) is 19.1. The van der Waals surface area contributed by atoms with Crippen molar-refractivity contribution in [2.75, 3.05) is 26.9 Å². The summed E-state index contributed by atoms with van der Waals surface area (Å²) in [7, 11) is 1.20. The number of benzene rings is 1. The van der Waals surface area contributed by atoms with E-state index in [1.54, 1.807) is 58.0 Å². The van der Waals surface area contributed by atoms with Crippen molar-refractivity contribution in [3.8, 4) is 17.6 Å². The molecule has 3 N–H and O–H groups in total. The number of unbranched alkanes of at least 4 members (excludes halogenated alkanes) is 8. The number of aliphatic hydroxyl groups excluding tert-OH is 1. The van der Waals surface area contributed by atoms with Crippen molar-refractivity contribution in [1.29, 1.82) is 0 Å². The number of carbonyl (C=O) groups excluding carboxylic acids is 5. The molecule has 0 fully saturated rings. The molecule has 0 bridgehead atoms. The second-order valence-corrected chi connectivity index (χ2v) is 14.2. The van der Waals surface area contributed by atoms with Crippen LogP contribution in [0.5, 0.6) is 5.75 Å². The maximum atomic E-state index is 14.0. The fourth-order valence-electron chi connectivity index (χ4n) is 5.58. The zero-order valence-corrected chi connectivity index (χ0v) is 32.9. The van der Waals surface area contributed by atoms with Crippen LogP contribution in [0.4, 0.5) is 0 Å². The van der Waals surface area contributed by atoms with Crippen molar-refractivity contribution in [1.82, 2.24) is 10.6 Å². The molecule has 0 aromatic heterocycles. The highest BCUT2D eigenvalue weighted by Crippen LogP contribution is 2.24. The molecular formula is C42H64N2O9. The van der Waals surface area contributed by atoms with Gasteiger partial charge in [-0.15, -0.1) is 5.92 Å². The minimum Gasteiger partial charge on any atom is -0.481 e. The molecule has 0 radical (unpaired) electrons. The molecule has 53 heavy (non-hydrogen) atoms. The van der Waals surface area contributed by atoms with Crippen LogP contribution in [0.25, 0.3) is 0 Å². The number of ether oxygens (including phenoxy) is 3.